The van der Waals surface area contributed by atoms with Crippen LogP contribution in [0.3, 0.4) is 0 Å². The topological polar surface area (TPSA) is 77.6 Å². The fourth-order valence-electron chi connectivity index (χ4n) is 3.73. The fourth-order valence-corrected chi connectivity index (χ4v) is 3.73. The number of nitrogens with zero attached hydrogens (tertiary/aromatic N) is 5. The number of aromatic nitrogens is 5. The van der Waals surface area contributed by atoms with Crippen LogP contribution in [0.5, 0.6) is 0 Å². The number of nitrogens with one attached hydrogen (secondary N) is 1. The SMILES string of the molecule is CC[C@H](C)[C@@H](NC(=O)CCn1nc(C)cc1C)c1nc2cccnc2n1C(C)C. The first-order chi connectivity index (χ1) is 13.8. The Morgan fingerprint density at radius 1 is 1.24 bits per heavy atom. The highest BCUT2D eigenvalue weighted by Gasteiger charge is 2.27. The van der Waals surface area contributed by atoms with E-state index in [1.54, 1.807) is 6.20 Å². The smallest absolute Gasteiger partial charge is 0.222 e. The fraction of sp³-hybridized carbons (Fsp3) is 0.545. The zero-order valence-corrected chi connectivity index (χ0v) is 18.3. The predicted octanol–water partition coefficient (Wildman–Crippen LogP) is 4.12. The number of hydrogen-bond acceptors (Lipinski definition) is 4. The van der Waals surface area contributed by atoms with Crippen LogP contribution >= 0.6 is 0 Å². The van der Waals surface area contributed by atoms with Gasteiger partial charge in [-0.2, -0.15) is 5.10 Å². The quantitative estimate of drug-likeness (QED) is 0.621. The van der Waals surface area contributed by atoms with Crippen molar-refractivity contribution < 1.29 is 4.79 Å². The van der Waals surface area contributed by atoms with Crippen molar-refractivity contribution in [3.05, 3.63) is 41.6 Å². The van der Waals surface area contributed by atoms with Gasteiger partial charge in [-0.25, -0.2) is 9.97 Å². The van der Waals surface area contributed by atoms with Crippen LogP contribution in [-0.4, -0.2) is 30.2 Å². The van der Waals surface area contributed by atoms with E-state index in [2.05, 4.69) is 47.7 Å². The lowest BCUT2D eigenvalue weighted by atomic mass is 9.98. The molecule has 7 heteroatoms. The summed E-state index contributed by atoms with van der Waals surface area (Å²) in [6, 6.07) is 5.93. The molecule has 1 N–H and O–H groups in total. The summed E-state index contributed by atoms with van der Waals surface area (Å²) in [4.78, 5) is 22.2. The van der Waals surface area contributed by atoms with Crippen LogP contribution in [0.4, 0.5) is 0 Å². The number of carbonyl (C=O) groups is 1. The highest BCUT2D eigenvalue weighted by atomic mass is 16.1. The van der Waals surface area contributed by atoms with Gasteiger partial charge in [0, 0.05) is 30.9 Å². The van der Waals surface area contributed by atoms with Crippen LogP contribution in [0.1, 0.15) is 69.8 Å². The lowest BCUT2D eigenvalue weighted by molar-refractivity contribution is -0.122. The van der Waals surface area contributed by atoms with Crippen molar-refractivity contribution in [1.82, 2.24) is 29.6 Å². The molecule has 1 amide bonds. The maximum absolute atomic E-state index is 12.8. The van der Waals surface area contributed by atoms with Crippen molar-refractivity contribution in [3.63, 3.8) is 0 Å². The molecule has 0 fully saturated rings. The molecule has 3 heterocycles. The van der Waals surface area contributed by atoms with Crippen molar-refractivity contribution in [2.45, 2.75) is 73.0 Å². The van der Waals surface area contributed by atoms with E-state index in [-0.39, 0.29) is 23.9 Å². The molecule has 0 saturated heterocycles. The average molecular weight is 397 g/mol. The Balaban J connectivity index is 1.85. The minimum atomic E-state index is -0.162. The molecule has 0 saturated carbocycles. The highest BCUT2D eigenvalue weighted by Crippen LogP contribution is 2.29. The molecule has 2 atom stereocenters. The van der Waals surface area contributed by atoms with E-state index in [0.29, 0.717) is 13.0 Å². The molecule has 0 aliphatic heterocycles. The zero-order valence-electron chi connectivity index (χ0n) is 18.3. The van der Waals surface area contributed by atoms with Gasteiger partial charge >= 0.3 is 0 Å². The van der Waals surface area contributed by atoms with Crippen LogP contribution in [-0.2, 0) is 11.3 Å². The summed E-state index contributed by atoms with van der Waals surface area (Å²) in [7, 11) is 0. The Bertz CT molecular complexity index is 987. The van der Waals surface area contributed by atoms with Crippen LogP contribution in [0.2, 0.25) is 0 Å². The Kier molecular flexibility index (Phi) is 6.35. The minimum absolute atomic E-state index is 0.0122. The first kappa shape index (κ1) is 21.0. The zero-order chi connectivity index (χ0) is 21.1. The lowest BCUT2D eigenvalue weighted by Crippen LogP contribution is -2.35. The van der Waals surface area contributed by atoms with Crippen LogP contribution in [0, 0.1) is 19.8 Å². The molecule has 0 aliphatic carbocycles. The second-order valence-corrected chi connectivity index (χ2v) is 8.11. The lowest BCUT2D eigenvalue weighted by Gasteiger charge is -2.26. The summed E-state index contributed by atoms with van der Waals surface area (Å²) in [6.07, 6.45) is 3.12. The summed E-state index contributed by atoms with van der Waals surface area (Å²) in [5.41, 5.74) is 3.77. The van der Waals surface area contributed by atoms with E-state index in [0.717, 1.165) is 34.8 Å². The number of imidazole rings is 1. The van der Waals surface area contributed by atoms with Crippen LogP contribution < -0.4 is 5.32 Å². The van der Waals surface area contributed by atoms with Gasteiger partial charge in [-0.05, 0) is 51.8 Å². The van der Waals surface area contributed by atoms with Gasteiger partial charge < -0.3 is 9.88 Å². The summed E-state index contributed by atoms with van der Waals surface area (Å²) < 4.78 is 4.04. The molecule has 3 aromatic heterocycles. The van der Waals surface area contributed by atoms with Crippen molar-refractivity contribution in [3.8, 4) is 0 Å². The van der Waals surface area contributed by atoms with Crippen molar-refractivity contribution >= 4 is 17.1 Å². The van der Waals surface area contributed by atoms with Gasteiger partial charge in [-0.15, -0.1) is 0 Å². The predicted molar refractivity (Wildman–Crippen MR) is 115 cm³/mol. The third-order valence-electron chi connectivity index (χ3n) is 5.45. The van der Waals surface area contributed by atoms with Gasteiger partial charge in [0.25, 0.3) is 0 Å². The van der Waals surface area contributed by atoms with E-state index in [9.17, 15) is 4.79 Å². The molecule has 3 aromatic rings. The van der Waals surface area contributed by atoms with Crippen LogP contribution in [0.25, 0.3) is 11.2 Å². The highest BCUT2D eigenvalue weighted by molar-refractivity contribution is 5.77. The molecule has 29 heavy (non-hydrogen) atoms. The third-order valence-corrected chi connectivity index (χ3v) is 5.45. The largest absolute Gasteiger partial charge is 0.346 e. The van der Waals surface area contributed by atoms with Crippen molar-refractivity contribution in [1.29, 1.82) is 0 Å². The van der Waals surface area contributed by atoms with Gasteiger partial charge in [0.2, 0.25) is 5.91 Å². The number of amides is 1. The molecule has 7 nitrogen and oxygen atoms in total. The second kappa shape index (κ2) is 8.76. The molecular formula is C22H32N6O. The summed E-state index contributed by atoms with van der Waals surface area (Å²) in [5.74, 6) is 1.14. The van der Waals surface area contributed by atoms with Crippen LogP contribution in [0.15, 0.2) is 24.4 Å². The summed E-state index contributed by atoms with van der Waals surface area (Å²) >= 11 is 0. The number of aryl methyl sites for hydroxylation is 3. The third kappa shape index (κ3) is 4.49. The van der Waals surface area contributed by atoms with E-state index in [1.165, 1.54) is 0 Å². The Morgan fingerprint density at radius 3 is 2.62 bits per heavy atom. The first-order valence-corrected chi connectivity index (χ1v) is 10.4. The Hall–Kier alpha value is -2.70. The molecule has 0 radical (unpaired) electrons. The molecule has 0 unspecified atom stereocenters. The molecule has 0 aromatic carbocycles. The average Bonchev–Trinajstić information content (AvgIpc) is 3.22. The molecule has 156 valence electrons. The normalized spacial score (nSPS) is 13.8. The van der Waals surface area contributed by atoms with E-state index in [1.807, 2.05) is 36.7 Å². The Labute approximate surface area is 172 Å². The van der Waals surface area contributed by atoms with Gasteiger partial charge in [-0.3, -0.25) is 9.48 Å². The molecule has 0 spiro atoms. The maximum Gasteiger partial charge on any atom is 0.222 e. The molecular weight excluding hydrogens is 364 g/mol. The van der Waals surface area contributed by atoms with E-state index >= 15 is 0 Å². The van der Waals surface area contributed by atoms with Gasteiger partial charge in [0.1, 0.15) is 11.3 Å². The first-order valence-electron chi connectivity index (χ1n) is 10.4. The minimum Gasteiger partial charge on any atom is -0.346 e. The molecule has 3 rings (SSSR count). The van der Waals surface area contributed by atoms with E-state index < -0.39 is 0 Å². The standard InChI is InChI=1S/C22H32N6O/c1-7-15(4)20(25-19(29)10-12-27-17(6)13-16(5)26-27)22-24-18-9-8-11-23-21(18)28(22)14(2)3/h8-9,11,13-15,20H,7,10,12H2,1-6H3,(H,25,29)/t15-,20+/m0/s1. The summed E-state index contributed by atoms with van der Waals surface area (Å²) in [6.45, 7) is 13.1. The molecule has 0 bridgehead atoms. The molecule has 0 aliphatic rings. The van der Waals surface area contributed by atoms with Gasteiger partial charge in [-0.1, -0.05) is 20.3 Å². The Morgan fingerprint density at radius 2 is 2.00 bits per heavy atom. The number of carbonyl (C=O) groups excluding carboxylic acids is 1. The van der Waals surface area contributed by atoms with Crippen molar-refractivity contribution in [2.24, 2.45) is 5.92 Å². The van der Waals surface area contributed by atoms with E-state index in [4.69, 9.17) is 4.98 Å². The van der Waals surface area contributed by atoms with Crippen molar-refractivity contribution in [2.75, 3.05) is 0 Å². The maximum atomic E-state index is 12.8. The second-order valence-electron chi connectivity index (χ2n) is 8.11. The number of fused-ring (bicyclic) bond motifs is 1. The number of rotatable bonds is 8. The number of hydrogen-bond donors (Lipinski definition) is 1. The summed E-state index contributed by atoms with van der Waals surface area (Å²) in [5, 5.41) is 7.69. The van der Waals surface area contributed by atoms with Gasteiger partial charge in [0.15, 0.2) is 5.65 Å². The number of pyridine rings is 1. The monoisotopic (exact) mass is 396 g/mol. The van der Waals surface area contributed by atoms with Gasteiger partial charge in [0.05, 0.1) is 11.7 Å².